The average molecular weight is 249 g/mol. The van der Waals surface area contributed by atoms with Crippen molar-refractivity contribution in [1.29, 1.82) is 0 Å². The molecule has 0 saturated heterocycles. The Kier molecular flexibility index (Phi) is 4.21. The summed E-state index contributed by atoms with van der Waals surface area (Å²) in [6.07, 6.45) is 3.07. The first-order valence-electron chi connectivity index (χ1n) is 6.05. The number of aromatic nitrogens is 2. The molecule has 0 unspecified atom stereocenters. The highest BCUT2D eigenvalue weighted by atomic mass is 35.5. The minimum absolute atomic E-state index is 0.745. The summed E-state index contributed by atoms with van der Waals surface area (Å²) in [5.74, 6) is 0. The Labute approximate surface area is 107 Å². The Bertz CT molecular complexity index is 462. The Hall–Kier alpha value is -1.28. The van der Waals surface area contributed by atoms with Gasteiger partial charge in [-0.2, -0.15) is 5.10 Å². The van der Waals surface area contributed by atoms with Crippen LogP contribution in [0, 0.1) is 0 Å². The lowest BCUT2D eigenvalue weighted by Crippen LogP contribution is -2.02. The molecule has 2 nitrogen and oxygen atoms in total. The van der Waals surface area contributed by atoms with E-state index in [1.807, 2.05) is 16.8 Å². The summed E-state index contributed by atoms with van der Waals surface area (Å²) in [7, 11) is 0. The summed E-state index contributed by atoms with van der Waals surface area (Å²) in [4.78, 5) is 0. The minimum atomic E-state index is 0.745. The third-order valence-electron chi connectivity index (χ3n) is 2.82. The molecule has 3 heteroatoms. The van der Waals surface area contributed by atoms with Crippen LogP contribution in [0.3, 0.4) is 0 Å². The van der Waals surface area contributed by atoms with E-state index < -0.39 is 0 Å². The topological polar surface area (TPSA) is 17.8 Å². The van der Waals surface area contributed by atoms with Crippen molar-refractivity contribution < 1.29 is 0 Å². The monoisotopic (exact) mass is 248 g/mol. The van der Waals surface area contributed by atoms with Gasteiger partial charge in [0.25, 0.3) is 0 Å². The molecule has 0 spiro atoms. The van der Waals surface area contributed by atoms with Crippen molar-refractivity contribution in [2.24, 2.45) is 0 Å². The zero-order valence-electron chi connectivity index (χ0n) is 10.1. The molecule has 0 aliphatic heterocycles. The second-order valence-corrected chi connectivity index (χ2v) is 4.51. The summed E-state index contributed by atoms with van der Waals surface area (Å²) >= 11 is 6.11. The summed E-state index contributed by atoms with van der Waals surface area (Å²) < 4.78 is 1.89. The molecule has 0 amide bonds. The predicted molar refractivity (Wildman–Crippen MR) is 71.4 cm³/mol. The maximum absolute atomic E-state index is 6.11. The number of benzene rings is 1. The van der Waals surface area contributed by atoms with Crippen LogP contribution in [0.25, 0.3) is 0 Å². The molecule has 2 rings (SSSR count). The van der Waals surface area contributed by atoms with Crippen LogP contribution in [0.4, 0.5) is 0 Å². The first-order valence-corrected chi connectivity index (χ1v) is 6.43. The number of rotatable bonds is 5. The van der Waals surface area contributed by atoms with Gasteiger partial charge >= 0.3 is 0 Å². The average Bonchev–Trinajstić information content (AvgIpc) is 2.72. The van der Waals surface area contributed by atoms with Crippen LogP contribution in [0.1, 0.15) is 24.6 Å². The quantitative estimate of drug-likeness (QED) is 0.788. The fraction of sp³-hybridized carbons (Fsp3) is 0.357. The van der Waals surface area contributed by atoms with Gasteiger partial charge in [-0.15, -0.1) is 0 Å². The maximum Gasteiger partial charge on any atom is 0.127 e. The van der Waals surface area contributed by atoms with Crippen molar-refractivity contribution in [2.75, 3.05) is 0 Å². The molecule has 0 N–H and O–H groups in total. The largest absolute Gasteiger partial charge is 0.254 e. The van der Waals surface area contributed by atoms with Crippen molar-refractivity contribution >= 4 is 11.6 Å². The zero-order valence-corrected chi connectivity index (χ0v) is 10.8. The molecule has 0 aliphatic rings. The molecule has 0 bridgehead atoms. The number of hydrogen-bond donors (Lipinski definition) is 0. The summed E-state index contributed by atoms with van der Waals surface area (Å²) in [6, 6.07) is 12.5. The number of hydrogen-bond acceptors (Lipinski definition) is 1. The van der Waals surface area contributed by atoms with E-state index in [0.29, 0.717) is 0 Å². The van der Waals surface area contributed by atoms with Crippen LogP contribution < -0.4 is 0 Å². The van der Waals surface area contributed by atoms with Gasteiger partial charge in [0.05, 0.1) is 5.69 Å². The van der Waals surface area contributed by atoms with Gasteiger partial charge in [-0.05, 0) is 30.9 Å². The van der Waals surface area contributed by atoms with E-state index in [9.17, 15) is 0 Å². The van der Waals surface area contributed by atoms with Crippen LogP contribution in [0.5, 0.6) is 0 Å². The zero-order chi connectivity index (χ0) is 12.1. The summed E-state index contributed by atoms with van der Waals surface area (Å²) in [6.45, 7) is 2.97. The van der Waals surface area contributed by atoms with Gasteiger partial charge in [0.2, 0.25) is 0 Å². The van der Waals surface area contributed by atoms with Gasteiger partial charge < -0.3 is 0 Å². The van der Waals surface area contributed by atoms with E-state index in [1.54, 1.807) is 0 Å². The maximum atomic E-state index is 6.11. The highest BCUT2D eigenvalue weighted by Crippen LogP contribution is 2.13. The molecule has 0 saturated carbocycles. The van der Waals surface area contributed by atoms with Crippen molar-refractivity contribution in [2.45, 2.75) is 32.7 Å². The van der Waals surface area contributed by atoms with Crippen LogP contribution in [-0.4, -0.2) is 9.78 Å². The molecular formula is C14H17ClN2. The van der Waals surface area contributed by atoms with Gasteiger partial charge in [0.1, 0.15) is 5.15 Å². The molecule has 0 fully saturated rings. The fourth-order valence-electron chi connectivity index (χ4n) is 1.85. The van der Waals surface area contributed by atoms with Gasteiger partial charge in [0.15, 0.2) is 0 Å². The van der Waals surface area contributed by atoms with Gasteiger partial charge in [-0.25, -0.2) is 0 Å². The lowest BCUT2D eigenvalue weighted by Gasteiger charge is -2.03. The van der Waals surface area contributed by atoms with Crippen molar-refractivity contribution in [1.82, 2.24) is 9.78 Å². The summed E-state index contributed by atoms with van der Waals surface area (Å²) in [5, 5.41) is 5.19. The van der Waals surface area contributed by atoms with Gasteiger partial charge in [-0.3, -0.25) is 4.68 Å². The second kappa shape index (κ2) is 5.87. The molecule has 0 radical (unpaired) electrons. The highest BCUT2D eigenvalue weighted by molar-refractivity contribution is 6.29. The first kappa shape index (κ1) is 12.2. The molecule has 2 aromatic rings. The van der Waals surface area contributed by atoms with E-state index in [0.717, 1.165) is 36.7 Å². The molecule has 1 aromatic heterocycles. The van der Waals surface area contributed by atoms with E-state index in [1.165, 1.54) is 5.56 Å². The number of aryl methyl sites for hydroxylation is 3. The SMILES string of the molecule is CCc1cc(Cl)n(CCCc2ccccc2)n1. The fourth-order valence-corrected chi connectivity index (χ4v) is 2.10. The number of nitrogens with zero attached hydrogens (tertiary/aromatic N) is 2. The molecule has 1 heterocycles. The Morgan fingerprint density at radius 1 is 1.24 bits per heavy atom. The van der Waals surface area contributed by atoms with Crippen molar-refractivity contribution in [3.05, 3.63) is 52.8 Å². The van der Waals surface area contributed by atoms with Crippen LogP contribution >= 0.6 is 11.6 Å². The highest BCUT2D eigenvalue weighted by Gasteiger charge is 2.03. The van der Waals surface area contributed by atoms with E-state index in [4.69, 9.17) is 11.6 Å². The molecule has 1 aromatic carbocycles. The van der Waals surface area contributed by atoms with Crippen LogP contribution in [0.2, 0.25) is 5.15 Å². The molecule has 90 valence electrons. The van der Waals surface area contributed by atoms with Crippen molar-refractivity contribution in [3.8, 4) is 0 Å². The summed E-state index contributed by atoms with van der Waals surface area (Å²) in [5.41, 5.74) is 2.43. The Balaban J connectivity index is 1.88. The third-order valence-corrected chi connectivity index (χ3v) is 3.13. The standard InChI is InChI=1S/C14H17ClN2/c1-2-13-11-14(15)17(16-13)10-6-9-12-7-4-3-5-8-12/h3-5,7-8,11H,2,6,9-10H2,1H3. The Morgan fingerprint density at radius 2 is 2.00 bits per heavy atom. The smallest absolute Gasteiger partial charge is 0.127 e. The van der Waals surface area contributed by atoms with Crippen molar-refractivity contribution in [3.63, 3.8) is 0 Å². The molecular weight excluding hydrogens is 232 g/mol. The normalized spacial score (nSPS) is 10.7. The first-order chi connectivity index (χ1) is 8.29. The number of halogens is 1. The van der Waals surface area contributed by atoms with Gasteiger partial charge in [0, 0.05) is 6.54 Å². The lowest BCUT2D eigenvalue weighted by molar-refractivity contribution is 0.573. The molecule has 17 heavy (non-hydrogen) atoms. The predicted octanol–water partition coefficient (Wildman–Crippen LogP) is 3.73. The van der Waals surface area contributed by atoms with E-state index >= 15 is 0 Å². The molecule has 0 atom stereocenters. The van der Waals surface area contributed by atoms with Gasteiger partial charge in [-0.1, -0.05) is 48.9 Å². The Morgan fingerprint density at radius 3 is 2.65 bits per heavy atom. The lowest BCUT2D eigenvalue weighted by atomic mass is 10.1. The van der Waals surface area contributed by atoms with Crippen LogP contribution in [-0.2, 0) is 19.4 Å². The van der Waals surface area contributed by atoms with Crippen LogP contribution in [0.15, 0.2) is 36.4 Å². The molecule has 0 aliphatic carbocycles. The van der Waals surface area contributed by atoms with E-state index in [2.05, 4.69) is 36.3 Å². The van der Waals surface area contributed by atoms with E-state index in [-0.39, 0.29) is 0 Å². The third kappa shape index (κ3) is 3.34. The second-order valence-electron chi connectivity index (χ2n) is 4.12. The minimum Gasteiger partial charge on any atom is -0.254 e.